The first-order valence-corrected chi connectivity index (χ1v) is 8.64. The topological polar surface area (TPSA) is 81.6 Å². The van der Waals surface area contributed by atoms with Gasteiger partial charge in [0.15, 0.2) is 0 Å². The largest absolute Gasteiger partial charge is 0.385 e. The number of aliphatic hydroxyl groups is 1. The van der Waals surface area contributed by atoms with Crippen molar-refractivity contribution in [3.63, 3.8) is 0 Å². The average Bonchev–Trinajstić information content (AvgIpc) is 2.71. The van der Waals surface area contributed by atoms with Gasteiger partial charge in [-0.25, -0.2) is 9.87 Å². The van der Waals surface area contributed by atoms with Crippen molar-refractivity contribution >= 4 is 12.0 Å². The van der Waals surface area contributed by atoms with Crippen LogP contribution in [0.25, 0.3) is 17.2 Å². The summed E-state index contributed by atoms with van der Waals surface area (Å²) in [5.41, 5.74) is 0.998. The maximum Gasteiger partial charge on any atom is 0.266 e. The van der Waals surface area contributed by atoms with Crippen LogP contribution in [0.15, 0.2) is 60.7 Å². The molecule has 5 nitrogen and oxygen atoms in total. The monoisotopic (exact) mass is 372 g/mol. The molecule has 27 heavy (non-hydrogen) atoms. The first kappa shape index (κ1) is 20.8. The predicted octanol–water partition coefficient (Wildman–Crippen LogP) is 2.94. The fraction of sp³-hybridized carbons (Fsp3) is 0.286. The first-order chi connectivity index (χ1) is 12.8. The van der Waals surface area contributed by atoms with Gasteiger partial charge >= 0.3 is 0 Å². The Bertz CT molecular complexity index is 776. The van der Waals surface area contributed by atoms with E-state index in [1.807, 2.05) is 60.7 Å². The van der Waals surface area contributed by atoms with Gasteiger partial charge in [-0.2, -0.15) is 0 Å². The van der Waals surface area contributed by atoms with Crippen LogP contribution in [-0.2, 0) is 4.79 Å². The molecule has 0 heterocycles. The molecule has 0 radical (unpaired) electrons. The van der Waals surface area contributed by atoms with Gasteiger partial charge in [0.05, 0.1) is 0 Å². The van der Waals surface area contributed by atoms with E-state index in [9.17, 15) is 14.3 Å². The van der Waals surface area contributed by atoms with Crippen molar-refractivity contribution in [2.45, 2.75) is 25.0 Å². The molecule has 0 bridgehead atoms. The zero-order chi connectivity index (χ0) is 19.9. The zero-order valence-corrected chi connectivity index (χ0v) is 15.4. The molecule has 2 rings (SSSR count). The third-order valence-corrected chi connectivity index (χ3v) is 4.79. The Hall–Kier alpha value is -2.54. The van der Waals surface area contributed by atoms with Gasteiger partial charge in [-0.3, -0.25) is 15.3 Å². The standard InChI is InChI=1S/C21H25FN2O3/c1-20(26,15-22)21(2,19(25)24-27)23-14-6-7-16-10-12-18(13-11-16)17-8-4-3-5-9-17/h3-13,23,26-27H,14-15H2,1-2H3,(H,24,25)/b7-6+. The molecule has 0 aliphatic carbocycles. The molecule has 4 N–H and O–H groups in total. The number of rotatable bonds is 8. The molecule has 0 aliphatic rings. The lowest BCUT2D eigenvalue weighted by Crippen LogP contribution is -2.68. The van der Waals surface area contributed by atoms with Crippen LogP contribution in [0.5, 0.6) is 0 Å². The van der Waals surface area contributed by atoms with Crippen molar-refractivity contribution in [1.82, 2.24) is 10.8 Å². The molecule has 0 aliphatic heterocycles. The Kier molecular flexibility index (Phi) is 6.85. The number of benzene rings is 2. The van der Waals surface area contributed by atoms with Gasteiger partial charge in [-0.15, -0.1) is 0 Å². The number of amides is 1. The normalized spacial score (nSPS) is 15.9. The maximum atomic E-state index is 13.1. The second kappa shape index (κ2) is 8.90. The fourth-order valence-corrected chi connectivity index (χ4v) is 2.64. The Morgan fingerprint density at radius 3 is 2.22 bits per heavy atom. The SMILES string of the molecule is CC(O)(CF)C(C)(NC/C=C/c1ccc(-c2ccccc2)cc1)C(=O)NO. The predicted molar refractivity (Wildman–Crippen MR) is 104 cm³/mol. The molecular weight excluding hydrogens is 347 g/mol. The van der Waals surface area contributed by atoms with Crippen LogP contribution in [0.3, 0.4) is 0 Å². The number of halogens is 1. The van der Waals surface area contributed by atoms with Crippen molar-refractivity contribution < 1.29 is 19.5 Å². The number of hydroxylamine groups is 1. The van der Waals surface area contributed by atoms with E-state index in [1.165, 1.54) is 19.3 Å². The van der Waals surface area contributed by atoms with Crippen LogP contribution in [0.2, 0.25) is 0 Å². The summed E-state index contributed by atoms with van der Waals surface area (Å²) in [6.45, 7) is 1.58. The van der Waals surface area contributed by atoms with E-state index >= 15 is 0 Å². The van der Waals surface area contributed by atoms with E-state index in [-0.39, 0.29) is 6.54 Å². The van der Waals surface area contributed by atoms with Crippen LogP contribution in [0.4, 0.5) is 4.39 Å². The summed E-state index contributed by atoms with van der Waals surface area (Å²) in [5.74, 6) is -0.911. The summed E-state index contributed by atoms with van der Waals surface area (Å²) in [6, 6.07) is 18.0. The molecule has 6 heteroatoms. The number of alkyl halides is 1. The average molecular weight is 372 g/mol. The Labute approximate surface area is 158 Å². The van der Waals surface area contributed by atoms with Gasteiger partial charge in [-0.1, -0.05) is 66.7 Å². The van der Waals surface area contributed by atoms with Crippen LogP contribution in [0, 0.1) is 0 Å². The molecule has 0 spiro atoms. The first-order valence-electron chi connectivity index (χ1n) is 8.64. The highest BCUT2D eigenvalue weighted by Gasteiger charge is 2.49. The minimum absolute atomic E-state index is 0.195. The Balaban J connectivity index is 2.03. The molecule has 2 aromatic carbocycles. The van der Waals surface area contributed by atoms with E-state index in [4.69, 9.17) is 5.21 Å². The van der Waals surface area contributed by atoms with E-state index in [0.717, 1.165) is 16.7 Å². The molecule has 0 saturated heterocycles. The van der Waals surface area contributed by atoms with Crippen molar-refractivity contribution in [1.29, 1.82) is 0 Å². The second-order valence-corrected chi connectivity index (χ2v) is 6.74. The fourth-order valence-electron chi connectivity index (χ4n) is 2.64. The molecular formula is C21H25FN2O3. The highest BCUT2D eigenvalue weighted by molar-refractivity contribution is 5.86. The summed E-state index contributed by atoms with van der Waals surface area (Å²) in [7, 11) is 0. The van der Waals surface area contributed by atoms with E-state index in [1.54, 1.807) is 6.08 Å². The highest BCUT2D eigenvalue weighted by Crippen LogP contribution is 2.23. The van der Waals surface area contributed by atoms with Crippen LogP contribution in [-0.4, -0.2) is 40.6 Å². The van der Waals surface area contributed by atoms with Crippen LogP contribution < -0.4 is 10.8 Å². The molecule has 144 valence electrons. The Morgan fingerprint density at radius 1 is 1.07 bits per heavy atom. The van der Waals surface area contributed by atoms with Crippen molar-refractivity contribution in [2.24, 2.45) is 0 Å². The van der Waals surface area contributed by atoms with Crippen LogP contribution >= 0.6 is 0 Å². The summed E-state index contributed by atoms with van der Waals surface area (Å²) in [4.78, 5) is 11.9. The molecule has 2 aromatic rings. The van der Waals surface area contributed by atoms with E-state index in [0.29, 0.717) is 0 Å². The molecule has 0 aromatic heterocycles. The third-order valence-electron chi connectivity index (χ3n) is 4.79. The number of hydrogen-bond acceptors (Lipinski definition) is 4. The number of nitrogens with one attached hydrogen (secondary N) is 2. The van der Waals surface area contributed by atoms with Crippen molar-refractivity contribution in [3.05, 3.63) is 66.2 Å². The number of carbonyl (C=O) groups is 1. The lowest BCUT2D eigenvalue weighted by molar-refractivity contribution is -0.148. The van der Waals surface area contributed by atoms with Crippen molar-refractivity contribution in [3.8, 4) is 11.1 Å². The third kappa shape index (κ3) is 4.80. The minimum atomic E-state index is -1.98. The van der Waals surface area contributed by atoms with E-state index in [2.05, 4.69) is 5.32 Å². The number of carbonyl (C=O) groups excluding carboxylic acids is 1. The summed E-state index contributed by atoms with van der Waals surface area (Å²) < 4.78 is 13.1. The molecule has 0 fully saturated rings. The van der Waals surface area contributed by atoms with Crippen molar-refractivity contribution in [2.75, 3.05) is 13.2 Å². The molecule has 1 amide bonds. The summed E-state index contributed by atoms with van der Waals surface area (Å²) in [5, 5.41) is 21.9. The smallest absolute Gasteiger partial charge is 0.266 e. The summed E-state index contributed by atoms with van der Waals surface area (Å²) in [6.07, 6.45) is 3.61. The second-order valence-electron chi connectivity index (χ2n) is 6.74. The summed E-state index contributed by atoms with van der Waals surface area (Å²) >= 11 is 0. The van der Waals surface area contributed by atoms with Gasteiger partial charge in [0.2, 0.25) is 0 Å². The zero-order valence-electron chi connectivity index (χ0n) is 15.4. The van der Waals surface area contributed by atoms with Gasteiger partial charge in [0.1, 0.15) is 17.8 Å². The Morgan fingerprint density at radius 2 is 1.67 bits per heavy atom. The molecule has 2 atom stereocenters. The van der Waals surface area contributed by atoms with Gasteiger partial charge in [-0.05, 0) is 30.5 Å². The highest BCUT2D eigenvalue weighted by atomic mass is 19.1. The maximum absolute atomic E-state index is 13.1. The lowest BCUT2D eigenvalue weighted by atomic mass is 9.82. The van der Waals surface area contributed by atoms with Gasteiger partial charge in [0.25, 0.3) is 5.91 Å². The van der Waals surface area contributed by atoms with E-state index < -0.39 is 23.7 Å². The molecule has 2 unspecified atom stereocenters. The lowest BCUT2D eigenvalue weighted by Gasteiger charge is -2.39. The quantitative estimate of drug-likeness (QED) is 0.424. The van der Waals surface area contributed by atoms with Crippen LogP contribution in [0.1, 0.15) is 19.4 Å². The van der Waals surface area contributed by atoms with Gasteiger partial charge in [0, 0.05) is 6.54 Å². The number of hydrogen-bond donors (Lipinski definition) is 4. The van der Waals surface area contributed by atoms with Gasteiger partial charge < -0.3 is 5.11 Å². The minimum Gasteiger partial charge on any atom is -0.385 e. The molecule has 0 saturated carbocycles.